The second-order valence-electron chi connectivity index (χ2n) is 33.6. The van der Waals surface area contributed by atoms with Gasteiger partial charge in [-0.05, 0) is 131 Å². The maximum absolute atomic E-state index is 15.7. The number of pyridine rings is 9. The number of carbonyl (C=O) groups excluding carboxylic acids is 3. The lowest BCUT2D eigenvalue weighted by Crippen LogP contribution is -2.54. The van der Waals surface area contributed by atoms with Crippen molar-refractivity contribution >= 4 is 207 Å². The summed E-state index contributed by atoms with van der Waals surface area (Å²) in [4.78, 5) is 119. The van der Waals surface area contributed by atoms with Gasteiger partial charge in [-0.15, -0.1) is 0 Å². The van der Waals surface area contributed by atoms with Crippen LogP contribution in [-0.2, 0) is 14.4 Å². The lowest BCUT2D eigenvalue weighted by molar-refractivity contribution is -0.129. The number of fused-ring (bicyclic) bond motifs is 3. The lowest BCUT2D eigenvalue weighted by atomic mass is 10.0. The van der Waals surface area contributed by atoms with Crippen molar-refractivity contribution in [1.82, 2.24) is 58.3 Å². The number of aromatic nitrogens is 9. The number of hydrogen-bond acceptors (Lipinski definition) is 21. The summed E-state index contributed by atoms with van der Waals surface area (Å²) in [5.41, 5.74) is 1.74. The summed E-state index contributed by atoms with van der Waals surface area (Å²) in [5, 5.41) is 60.2. The number of anilines is 3. The molecule has 0 bridgehead atoms. The summed E-state index contributed by atoms with van der Waals surface area (Å²) in [5.74, 6) is -6.75. The summed E-state index contributed by atoms with van der Waals surface area (Å²) in [6.07, 6.45) is 8.59. The monoisotopic (exact) mass is 2110 g/mol. The largest absolute Gasteiger partial charge is 0.506 e. The molecular formula is C96H81Cl12F3N18O9. The maximum atomic E-state index is 15.7. The van der Waals surface area contributed by atoms with E-state index in [1.54, 1.807) is 72.3 Å². The number of nitriles is 3. The predicted molar refractivity (Wildman–Crippen MR) is 538 cm³/mol. The number of carbonyl (C=O) groups is 3. The van der Waals surface area contributed by atoms with Crippen LogP contribution in [0.25, 0.3) is 83.9 Å². The number of amides is 3. The summed E-state index contributed by atoms with van der Waals surface area (Å²) < 4.78 is 48.7. The van der Waals surface area contributed by atoms with Crippen LogP contribution in [0.2, 0.25) is 60.3 Å². The molecule has 0 unspecified atom stereocenters. The van der Waals surface area contributed by atoms with Crippen LogP contribution in [0, 0.1) is 72.2 Å². The Hall–Kier alpha value is -11.6. The van der Waals surface area contributed by atoms with E-state index in [4.69, 9.17) is 154 Å². The molecule has 42 heteroatoms. The average molecular weight is 2110 g/mol. The third-order valence-electron chi connectivity index (χ3n) is 24.0. The van der Waals surface area contributed by atoms with E-state index in [-0.39, 0.29) is 187 Å². The Labute approximate surface area is 848 Å². The maximum Gasteiger partial charge on any atom is 0.276 e. The van der Waals surface area contributed by atoms with Crippen LogP contribution in [0.5, 0.6) is 17.2 Å². The molecule has 138 heavy (non-hydrogen) atoms. The molecule has 3 aromatic carbocycles. The van der Waals surface area contributed by atoms with Crippen molar-refractivity contribution in [2.45, 2.75) is 119 Å². The third kappa shape index (κ3) is 18.3. The minimum atomic E-state index is -1.12. The molecule has 0 saturated carbocycles. The van der Waals surface area contributed by atoms with E-state index < -0.39 is 102 Å². The standard InChI is InChI=1S/3C32H27Cl4FN6O3/c1-6-20(44)42-10-9-41(13-16(42)5)29-17-11-19(33)27(21-25(37)23(35)22(34)24(36)30(21)45)40-31(17)43(32(46)18(29)12-38)28-15(4)7-8-39-26(28)14(2)3;2*1-6-20(44)42-10-9-41(13-16(42)5)29-17-11-19(33)27(21-22(34)23(35)25(37)24(36)30(21)45)40-31(17)43(32(46)18(29)12-38)28-15(4)7-8-39-26(28)14(2)3/h3*6-8,11,14,16,45H,1,9-10,13H2,2-5H3/t3*16-/m111/s1. The van der Waals surface area contributed by atoms with Crippen LogP contribution in [0.4, 0.5) is 30.2 Å². The Kier molecular flexibility index (Phi) is 31.1. The number of phenols is 3. The Morgan fingerprint density at radius 2 is 0.659 bits per heavy atom. The molecule has 27 nitrogen and oxygen atoms in total. The van der Waals surface area contributed by atoms with E-state index in [1.165, 1.54) is 50.1 Å². The summed E-state index contributed by atoms with van der Waals surface area (Å²) >= 11 is 75.9. The van der Waals surface area contributed by atoms with Crippen LogP contribution in [0.3, 0.4) is 0 Å². The molecule has 3 aliphatic heterocycles. The van der Waals surface area contributed by atoms with Gasteiger partial charge in [-0.1, -0.05) is 200 Å². The Morgan fingerprint density at radius 1 is 0.399 bits per heavy atom. The molecular weight excluding hydrogens is 2030 g/mol. The molecule has 3 saturated heterocycles. The molecule has 9 aromatic heterocycles. The van der Waals surface area contributed by atoms with Gasteiger partial charge in [0.25, 0.3) is 16.7 Å². The van der Waals surface area contributed by atoms with E-state index in [2.05, 4.69) is 52.9 Å². The predicted octanol–water partition coefficient (Wildman–Crippen LogP) is 22.3. The first-order chi connectivity index (χ1) is 65.2. The van der Waals surface area contributed by atoms with Gasteiger partial charge in [-0.2, -0.15) is 15.8 Å². The molecule has 3 atom stereocenters. The van der Waals surface area contributed by atoms with Crippen molar-refractivity contribution < 1.29 is 42.9 Å². The van der Waals surface area contributed by atoms with Gasteiger partial charge in [0.15, 0.2) is 17.5 Å². The average Bonchev–Trinajstić information content (AvgIpc) is 0.726. The molecule has 12 heterocycles. The fourth-order valence-electron chi connectivity index (χ4n) is 17.4. The lowest BCUT2D eigenvalue weighted by Gasteiger charge is -2.41. The highest BCUT2D eigenvalue weighted by molar-refractivity contribution is 6.50. The van der Waals surface area contributed by atoms with Crippen LogP contribution >= 0.6 is 139 Å². The summed E-state index contributed by atoms with van der Waals surface area (Å²) in [7, 11) is 0. The van der Waals surface area contributed by atoms with Gasteiger partial charge >= 0.3 is 0 Å². The normalized spacial score (nSPS) is 15.0. The number of hydrogen-bond donors (Lipinski definition) is 3. The van der Waals surface area contributed by atoms with Crippen molar-refractivity contribution in [2.24, 2.45) is 0 Å². The second-order valence-corrected chi connectivity index (χ2v) is 38.2. The first kappa shape index (κ1) is 104. The topological polar surface area (TPSA) is 346 Å². The SMILES string of the molecule is C=CC(=O)N1CCN(c2c(C#N)c(=O)n(-c3c(C)ccnc3C(C)C)c3nc(-c4c(O)c(Cl)c(Cl)c(Cl)c4F)c(Cl)cc23)C[C@H]1C.C=CC(=O)N1CCN(c2c(C#N)c(=O)n(-c3c(C)ccnc3C(C)C)c3nc(-c4c(O)c(Cl)c(F)c(Cl)c4Cl)c(Cl)cc23)C[C@H]1C.C=CC(=O)N1CCN(c2c(C#N)c(=O)n(-c3c(C)ccnc3C(C)C)c3nc(-c4c(O)c(Cl)c(F)c(Cl)c4Cl)c(Cl)cc23)C[C@H]1C. The molecule has 3 N–H and O–H groups in total. The molecule has 12 aromatic rings. The molecule has 0 spiro atoms. The number of rotatable bonds is 15. The van der Waals surface area contributed by atoms with Crippen molar-refractivity contribution in [3.05, 3.63) is 252 Å². The molecule has 714 valence electrons. The smallest absolute Gasteiger partial charge is 0.276 e. The van der Waals surface area contributed by atoms with E-state index in [0.717, 1.165) is 0 Å². The van der Waals surface area contributed by atoms with Gasteiger partial charge < -0.3 is 44.7 Å². The molecule has 15 rings (SSSR count). The number of piperazine rings is 3. The van der Waals surface area contributed by atoms with Crippen molar-refractivity contribution in [2.75, 3.05) is 73.6 Å². The van der Waals surface area contributed by atoms with Crippen molar-refractivity contribution in [1.29, 1.82) is 15.8 Å². The number of halogens is 15. The first-order valence-corrected chi connectivity index (χ1v) is 46.9. The summed E-state index contributed by atoms with van der Waals surface area (Å²) in [6.45, 7) is 35.7. The fourth-order valence-corrected chi connectivity index (χ4v) is 20.1. The highest BCUT2D eigenvalue weighted by atomic mass is 35.5. The molecule has 3 fully saturated rings. The zero-order chi connectivity index (χ0) is 101. The first-order valence-electron chi connectivity index (χ1n) is 42.4. The number of nitrogens with zero attached hydrogens (tertiary/aromatic N) is 18. The highest BCUT2D eigenvalue weighted by Crippen LogP contribution is 2.54. The number of benzene rings is 3. The minimum Gasteiger partial charge on any atom is -0.506 e. The zero-order valence-corrected chi connectivity index (χ0v) is 84.5. The highest BCUT2D eigenvalue weighted by Gasteiger charge is 2.40. The second kappa shape index (κ2) is 41.4. The third-order valence-corrected chi connectivity index (χ3v) is 28.5. The van der Waals surface area contributed by atoms with Crippen molar-refractivity contribution in [3.8, 4) is 86.3 Å². The van der Waals surface area contributed by atoms with Gasteiger partial charge in [-0.3, -0.25) is 57.4 Å². The molecule has 0 aliphatic carbocycles. The van der Waals surface area contributed by atoms with Crippen LogP contribution < -0.4 is 31.4 Å². The Morgan fingerprint density at radius 3 is 0.913 bits per heavy atom. The van der Waals surface area contributed by atoms with Crippen molar-refractivity contribution in [3.63, 3.8) is 0 Å². The van der Waals surface area contributed by atoms with E-state index in [0.29, 0.717) is 86.6 Å². The van der Waals surface area contributed by atoms with Crippen LogP contribution in [0.15, 0.2) is 107 Å². The summed E-state index contributed by atoms with van der Waals surface area (Å²) in [6, 6.07) is 15.0. The minimum absolute atomic E-state index is 0.00893. The number of aryl methyl sites for hydroxylation is 3. The Balaban J connectivity index is 0.000000175. The van der Waals surface area contributed by atoms with E-state index in [9.17, 15) is 68.7 Å². The Bertz CT molecular complexity index is 6790. The molecule has 3 amide bonds. The van der Waals surface area contributed by atoms with Crippen LogP contribution in [-0.4, -0.2) is 168 Å². The molecule has 0 radical (unpaired) electrons. The number of phenolic OH excluding ortho intramolecular Hbond substituents is 3. The molecule has 3 aliphatic rings. The van der Waals surface area contributed by atoms with Gasteiger partial charge in [-0.25, -0.2) is 28.1 Å². The van der Waals surface area contributed by atoms with E-state index in [1.807, 2.05) is 77.0 Å². The van der Waals surface area contributed by atoms with Gasteiger partial charge in [0.2, 0.25) is 17.7 Å². The number of aromatic hydroxyl groups is 3. The van der Waals surface area contributed by atoms with Gasteiger partial charge in [0.05, 0.1) is 130 Å². The van der Waals surface area contributed by atoms with Crippen LogP contribution in [0.1, 0.15) is 131 Å². The quantitative estimate of drug-likeness (QED) is 0.0487. The van der Waals surface area contributed by atoms with E-state index >= 15 is 4.39 Å². The zero-order valence-electron chi connectivity index (χ0n) is 75.4. The van der Waals surface area contributed by atoms with Gasteiger partial charge in [0.1, 0.15) is 84.2 Å². The van der Waals surface area contributed by atoms with Gasteiger partial charge in [0, 0.05) is 112 Å². The fraction of sp³-hybridized carbons (Fsp3) is 0.281.